The van der Waals surface area contributed by atoms with E-state index in [4.69, 9.17) is 0 Å². The van der Waals surface area contributed by atoms with Gasteiger partial charge in [-0.15, -0.1) is 0 Å². The lowest BCUT2D eigenvalue weighted by atomic mass is 9.89. The molecule has 8 rings (SSSR count). The van der Waals surface area contributed by atoms with E-state index in [0.29, 0.717) is 0 Å². The molecule has 0 atom stereocenters. The van der Waals surface area contributed by atoms with E-state index < -0.39 is 23.0 Å². The van der Waals surface area contributed by atoms with Crippen LogP contribution in [-0.4, -0.2) is 5.78 Å². The molecule has 0 aliphatic heterocycles. The zero-order valence-electron chi connectivity index (χ0n) is 23.5. The fraction of sp³-hybridized carbons (Fsp3) is 0. The first-order valence-electron chi connectivity index (χ1n) is 14.5. The highest BCUT2D eigenvalue weighted by molar-refractivity contribution is 6.20. The quantitative estimate of drug-likeness (QED) is 0.117. The van der Waals surface area contributed by atoms with Gasteiger partial charge in [0.05, 0.1) is 5.56 Å². The summed E-state index contributed by atoms with van der Waals surface area (Å²) < 4.78 is 28.5. The van der Waals surface area contributed by atoms with Gasteiger partial charge in [0.25, 0.3) is 0 Å². The summed E-state index contributed by atoms with van der Waals surface area (Å²) in [5, 5.41) is 9.57. The van der Waals surface area contributed by atoms with Crippen LogP contribution in [0.25, 0.3) is 65.3 Å². The predicted octanol–water partition coefficient (Wildman–Crippen LogP) is 11.1. The second kappa shape index (κ2) is 10.3. The molecule has 0 spiro atoms. The summed E-state index contributed by atoms with van der Waals surface area (Å²) in [6, 6.07) is 47.0. The SMILES string of the molecule is O=C(c1ccc(-c2cccc(-c3cc4cc5ccccc5cc4c4cc5ccccc5cc34)c2)cc1)c1c(F)cccc1F. The number of rotatable bonds is 4. The summed E-state index contributed by atoms with van der Waals surface area (Å²) in [7, 11) is 0. The van der Waals surface area contributed by atoms with E-state index in [1.54, 1.807) is 12.1 Å². The molecule has 0 aliphatic carbocycles. The van der Waals surface area contributed by atoms with Crippen molar-refractivity contribution in [3.8, 4) is 22.3 Å². The molecular formula is C41H24F2O. The van der Waals surface area contributed by atoms with Crippen LogP contribution in [0, 0.1) is 11.6 Å². The first-order chi connectivity index (χ1) is 21.5. The lowest BCUT2D eigenvalue weighted by Crippen LogP contribution is -2.07. The molecule has 1 nitrogen and oxygen atoms in total. The molecule has 0 aromatic heterocycles. The van der Waals surface area contributed by atoms with Gasteiger partial charge in [-0.2, -0.15) is 0 Å². The number of hydrogen-bond acceptors (Lipinski definition) is 1. The summed E-state index contributed by atoms with van der Waals surface area (Å²) in [6.45, 7) is 0. The molecule has 0 saturated heterocycles. The third-order valence-corrected chi connectivity index (χ3v) is 8.53. The number of carbonyl (C=O) groups is 1. The van der Waals surface area contributed by atoms with Crippen LogP contribution < -0.4 is 0 Å². The fourth-order valence-electron chi connectivity index (χ4n) is 6.31. The maximum Gasteiger partial charge on any atom is 0.198 e. The van der Waals surface area contributed by atoms with Crippen molar-refractivity contribution in [1.82, 2.24) is 0 Å². The van der Waals surface area contributed by atoms with E-state index in [2.05, 4.69) is 91.0 Å². The Labute approximate surface area is 252 Å². The molecule has 0 amide bonds. The van der Waals surface area contributed by atoms with Crippen molar-refractivity contribution in [3.05, 3.63) is 168 Å². The Morgan fingerprint density at radius 3 is 1.61 bits per heavy atom. The van der Waals surface area contributed by atoms with Gasteiger partial charge in [-0.05, 0) is 114 Å². The summed E-state index contributed by atoms with van der Waals surface area (Å²) in [6.07, 6.45) is 0. The molecule has 0 unspecified atom stereocenters. The van der Waals surface area contributed by atoms with Gasteiger partial charge in [-0.25, -0.2) is 8.78 Å². The zero-order chi connectivity index (χ0) is 29.8. The van der Waals surface area contributed by atoms with Crippen LogP contribution in [0.2, 0.25) is 0 Å². The summed E-state index contributed by atoms with van der Waals surface area (Å²) in [5.41, 5.74) is 3.79. The Balaban J connectivity index is 1.27. The molecule has 3 heteroatoms. The van der Waals surface area contributed by atoms with Crippen molar-refractivity contribution >= 4 is 48.9 Å². The van der Waals surface area contributed by atoms with Gasteiger partial charge < -0.3 is 0 Å². The second-order valence-corrected chi connectivity index (χ2v) is 11.2. The minimum absolute atomic E-state index is 0.230. The van der Waals surface area contributed by atoms with Crippen LogP contribution in [0.5, 0.6) is 0 Å². The van der Waals surface area contributed by atoms with E-state index in [9.17, 15) is 13.6 Å². The molecule has 0 aliphatic rings. The van der Waals surface area contributed by atoms with Crippen molar-refractivity contribution < 1.29 is 13.6 Å². The van der Waals surface area contributed by atoms with Crippen LogP contribution in [0.15, 0.2) is 146 Å². The van der Waals surface area contributed by atoms with E-state index >= 15 is 0 Å². The molecular weight excluding hydrogens is 546 g/mol. The van der Waals surface area contributed by atoms with Crippen molar-refractivity contribution in [2.24, 2.45) is 0 Å². The fourth-order valence-corrected chi connectivity index (χ4v) is 6.31. The van der Waals surface area contributed by atoms with E-state index in [1.807, 2.05) is 24.3 Å². The number of fused-ring (bicyclic) bond motifs is 5. The van der Waals surface area contributed by atoms with Gasteiger partial charge in [0.1, 0.15) is 11.6 Å². The highest BCUT2D eigenvalue weighted by Gasteiger charge is 2.19. The highest BCUT2D eigenvalue weighted by atomic mass is 19.1. The minimum Gasteiger partial charge on any atom is -0.288 e. The van der Waals surface area contributed by atoms with Gasteiger partial charge in [-0.3, -0.25) is 4.79 Å². The standard InChI is InChI=1S/C41H24F2O/c42-38-13-6-14-39(43)40(38)41(44)26-17-15-25(16-18-26)27-11-5-12-32(19-27)34-24-33-20-28-7-1-2-8-29(28)21-35(33)37-23-31-10-4-3-9-30(31)22-36(34)37/h1-24H. The number of halogens is 2. The van der Waals surface area contributed by atoms with Gasteiger partial charge >= 0.3 is 0 Å². The van der Waals surface area contributed by atoms with E-state index in [0.717, 1.165) is 34.4 Å². The maximum absolute atomic E-state index is 14.2. The zero-order valence-corrected chi connectivity index (χ0v) is 23.5. The summed E-state index contributed by atoms with van der Waals surface area (Å²) in [4.78, 5) is 12.9. The third-order valence-electron chi connectivity index (χ3n) is 8.53. The van der Waals surface area contributed by atoms with Crippen LogP contribution in [0.4, 0.5) is 8.78 Å². The van der Waals surface area contributed by atoms with Crippen LogP contribution in [0.3, 0.4) is 0 Å². The van der Waals surface area contributed by atoms with Crippen molar-refractivity contribution in [3.63, 3.8) is 0 Å². The highest BCUT2D eigenvalue weighted by Crippen LogP contribution is 2.39. The monoisotopic (exact) mass is 570 g/mol. The third kappa shape index (κ3) is 4.33. The van der Waals surface area contributed by atoms with Crippen molar-refractivity contribution in [1.29, 1.82) is 0 Å². The molecule has 8 aromatic carbocycles. The van der Waals surface area contributed by atoms with E-state index in [-0.39, 0.29) is 5.56 Å². The minimum atomic E-state index is -0.866. The average molecular weight is 571 g/mol. The summed E-state index contributed by atoms with van der Waals surface area (Å²) >= 11 is 0. The van der Waals surface area contributed by atoms with Crippen molar-refractivity contribution in [2.75, 3.05) is 0 Å². The normalized spacial score (nSPS) is 11.5. The Kier molecular flexibility index (Phi) is 6.06. The second-order valence-electron chi connectivity index (χ2n) is 11.2. The topological polar surface area (TPSA) is 17.1 Å². The van der Waals surface area contributed by atoms with Gasteiger partial charge in [0.15, 0.2) is 5.78 Å². The Bertz CT molecular complexity index is 2400. The van der Waals surface area contributed by atoms with Crippen LogP contribution in [0.1, 0.15) is 15.9 Å². The predicted molar refractivity (Wildman–Crippen MR) is 177 cm³/mol. The molecule has 0 N–H and O–H groups in total. The Morgan fingerprint density at radius 1 is 0.409 bits per heavy atom. The molecule has 44 heavy (non-hydrogen) atoms. The first-order valence-corrected chi connectivity index (χ1v) is 14.5. The van der Waals surface area contributed by atoms with Gasteiger partial charge in [0.2, 0.25) is 0 Å². The van der Waals surface area contributed by atoms with Crippen molar-refractivity contribution in [2.45, 2.75) is 0 Å². The van der Waals surface area contributed by atoms with Gasteiger partial charge in [0, 0.05) is 5.56 Å². The van der Waals surface area contributed by atoms with E-state index in [1.165, 1.54) is 49.2 Å². The Hall–Kier alpha value is -5.67. The average Bonchev–Trinajstić information content (AvgIpc) is 3.06. The Morgan fingerprint density at radius 2 is 0.955 bits per heavy atom. The number of carbonyl (C=O) groups excluding carboxylic acids is 1. The molecule has 8 aromatic rings. The molecule has 0 radical (unpaired) electrons. The lowest BCUT2D eigenvalue weighted by Gasteiger charge is -2.15. The molecule has 0 bridgehead atoms. The van der Waals surface area contributed by atoms with Gasteiger partial charge in [-0.1, -0.05) is 97.1 Å². The number of hydrogen-bond donors (Lipinski definition) is 0. The molecule has 208 valence electrons. The lowest BCUT2D eigenvalue weighted by molar-refractivity contribution is 0.103. The smallest absolute Gasteiger partial charge is 0.198 e. The largest absolute Gasteiger partial charge is 0.288 e. The molecule has 0 saturated carbocycles. The van der Waals surface area contributed by atoms with Crippen LogP contribution in [-0.2, 0) is 0 Å². The van der Waals surface area contributed by atoms with Crippen LogP contribution >= 0.6 is 0 Å². The molecule has 0 fully saturated rings. The maximum atomic E-state index is 14.2. The number of ketones is 1. The molecule has 0 heterocycles. The number of benzene rings is 8. The first kappa shape index (κ1) is 26.0. The summed E-state index contributed by atoms with van der Waals surface area (Å²) in [5.74, 6) is -2.41.